The average Bonchev–Trinajstić information content (AvgIpc) is 3.34. The van der Waals surface area contributed by atoms with Gasteiger partial charge in [0.1, 0.15) is 11.5 Å². The zero-order valence-corrected chi connectivity index (χ0v) is 17.1. The quantitative estimate of drug-likeness (QED) is 0.371. The molecule has 0 bridgehead atoms. The van der Waals surface area contributed by atoms with Gasteiger partial charge >= 0.3 is 12.1 Å². The summed E-state index contributed by atoms with van der Waals surface area (Å²) >= 11 is 12.1. The van der Waals surface area contributed by atoms with E-state index in [0.717, 1.165) is 22.7 Å². The smallest absolute Gasteiger partial charge is 0.417 e. The topological polar surface area (TPSA) is 93.5 Å². The molecule has 3 aromatic heterocycles. The maximum Gasteiger partial charge on any atom is 0.417 e. The molecule has 0 aliphatic rings. The number of alkyl halides is 3. The van der Waals surface area contributed by atoms with Gasteiger partial charge in [-0.05, 0) is 30.2 Å². The van der Waals surface area contributed by atoms with Gasteiger partial charge in [0.2, 0.25) is 5.89 Å². The number of benzene rings is 1. The Morgan fingerprint density at radius 2 is 1.81 bits per heavy atom. The fourth-order valence-corrected chi connectivity index (χ4v) is 3.46. The number of carboxylic acid groups (broad SMARTS) is 1. The number of carbonyl (C=O) groups is 1. The Kier molecular flexibility index (Phi) is 5.55. The number of carboxylic acids is 1. The predicted molar refractivity (Wildman–Crippen MR) is 105 cm³/mol. The molecule has 0 radical (unpaired) electrons. The van der Waals surface area contributed by atoms with Crippen molar-refractivity contribution in [2.45, 2.75) is 19.0 Å². The van der Waals surface area contributed by atoms with Crippen molar-refractivity contribution in [3.8, 4) is 23.0 Å². The highest BCUT2D eigenvalue weighted by atomic mass is 35.5. The summed E-state index contributed by atoms with van der Waals surface area (Å²) in [5.74, 6) is -2.10. The largest absolute Gasteiger partial charge is 0.481 e. The summed E-state index contributed by atoms with van der Waals surface area (Å²) in [6.07, 6.45) is -2.89. The van der Waals surface area contributed by atoms with Crippen LogP contribution in [0, 0.1) is 5.82 Å². The first-order chi connectivity index (χ1) is 15.0. The van der Waals surface area contributed by atoms with E-state index in [4.69, 9.17) is 32.7 Å². The van der Waals surface area contributed by atoms with Crippen molar-refractivity contribution in [3.05, 3.63) is 57.6 Å². The van der Waals surface area contributed by atoms with Crippen molar-refractivity contribution in [2.24, 2.45) is 0 Å². The van der Waals surface area contributed by atoms with Crippen LogP contribution in [0.1, 0.15) is 17.5 Å². The van der Waals surface area contributed by atoms with Crippen LogP contribution in [0.4, 0.5) is 17.6 Å². The molecule has 166 valence electrons. The number of halogens is 6. The SMILES string of the molecule is O=C(O)CCc1cc(Cl)c(-c2nnc(-c3cn4cc(C(F)(F)F)cc(Cl)c4n3)o2)cc1F. The van der Waals surface area contributed by atoms with E-state index in [-0.39, 0.29) is 57.1 Å². The minimum Gasteiger partial charge on any atom is -0.481 e. The van der Waals surface area contributed by atoms with Gasteiger partial charge in [0.05, 0.1) is 21.2 Å². The van der Waals surface area contributed by atoms with Crippen LogP contribution in [-0.4, -0.2) is 30.7 Å². The highest BCUT2D eigenvalue weighted by molar-refractivity contribution is 6.33. The van der Waals surface area contributed by atoms with Crippen LogP contribution in [0.5, 0.6) is 0 Å². The van der Waals surface area contributed by atoms with Crippen molar-refractivity contribution in [1.29, 1.82) is 0 Å². The lowest BCUT2D eigenvalue weighted by molar-refractivity contribution is -0.138. The van der Waals surface area contributed by atoms with E-state index >= 15 is 0 Å². The van der Waals surface area contributed by atoms with Crippen LogP contribution < -0.4 is 0 Å². The molecule has 1 N–H and O–H groups in total. The number of imidazole rings is 1. The number of aryl methyl sites for hydroxylation is 1. The summed E-state index contributed by atoms with van der Waals surface area (Å²) in [5.41, 5.74) is -0.712. The van der Waals surface area contributed by atoms with Crippen LogP contribution in [0.15, 0.2) is 35.0 Å². The van der Waals surface area contributed by atoms with E-state index in [2.05, 4.69) is 15.2 Å². The molecule has 0 unspecified atom stereocenters. The van der Waals surface area contributed by atoms with E-state index in [9.17, 15) is 22.4 Å². The zero-order valence-electron chi connectivity index (χ0n) is 15.6. The summed E-state index contributed by atoms with van der Waals surface area (Å²) in [7, 11) is 0. The van der Waals surface area contributed by atoms with Gasteiger partial charge in [-0.15, -0.1) is 10.2 Å². The predicted octanol–water partition coefficient (Wildman–Crippen LogP) is 5.53. The summed E-state index contributed by atoms with van der Waals surface area (Å²) in [4.78, 5) is 14.8. The van der Waals surface area contributed by atoms with E-state index in [0.29, 0.717) is 0 Å². The lowest BCUT2D eigenvalue weighted by Gasteiger charge is -2.07. The Morgan fingerprint density at radius 3 is 2.50 bits per heavy atom. The molecule has 0 fully saturated rings. The normalized spacial score (nSPS) is 11.9. The molecule has 13 heteroatoms. The van der Waals surface area contributed by atoms with Gasteiger partial charge in [-0.2, -0.15) is 13.2 Å². The fourth-order valence-electron chi connectivity index (χ4n) is 2.94. The van der Waals surface area contributed by atoms with Crippen LogP contribution in [0.3, 0.4) is 0 Å². The molecule has 4 rings (SSSR count). The Bertz CT molecular complexity index is 1350. The molecule has 0 spiro atoms. The van der Waals surface area contributed by atoms with Crippen molar-refractivity contribution in [2.75, 3.05) is 0 Å². The minimum absolute atomic E-state index is 0.0413. The van der Waals surface area contributed by atoms with Gasteiger partial charge < -0.3 is 13.9 Å². The Hall–Kier alpha value is -3.18. The molecule has 0 aliphatic carbocycles. The highest BCUT2D eigenvalue weighted by Gasteiger charge is 2.32. The van der Waals surface area contributed by atoms with Crippen LogP contribution in [-0.2, 0) is 17.4 Å². The van der Waals surface area contributed by atoms with Gasteiger partial charge in [-0.1, -0.05) is 23.2 Å². The lowest BCUT2D eigenvalue weighted by Crippen LogP contribution is -2.06. The summed E-state index contributed by atoms with van der Waals surface area (Å²) in [6.45, 7) is 0. The number of aromatic nitrogens is 4. The van der Waals surface area contributed by atoms with Gasteiger partial charge in [0.15, 0.2) is 5.65 Å². The lowest BCUT2D eigenvalue weighted by atomic mass is 10.1. The molecule has 0 aliphatic heterocycles. The molecule has 3 heterocycles. The Labute approximate surface area is 186 Å². The molecule has 0 amide bonds. The van der Waals surface area contributed by atoms with E-state index in [1.807, 2.05) is 0 Å². The first-order valence-corrected chi connectivity index (χ1v) is 9.58. The molecule has 1 aromatic carbocycles. The van der Waals surface area contributed by atoms with Crippen LogP contribution >= 0.6 is 23.2 Å². The second-order valence-electron chi connectivity index (χ2n) is 6.66. The van der Waals surface area contributed by atoms with Gasteiger partial charge in [0.25, 0.3) is 5.89 Å². The standard InChI is InChI=1S/C19H10Cl2F4N4O3/c20-11-3-8(1-2-15(30)31)13(22)5-10(11)17-27-28-18(32-17)14-7-29-6-9(19(23,24)25)4-12(21)16(29)26-14/h3-7H,1-2H2,(H,30,31). The van der Waals surface area contributed by atoms with E-state index < -0.39 is 23.5 Å². The van der Waals surface area contributed by atoms with Crippen molar-refractivity contribution in [3.63, 3.8) is 0 Å². The van der Waals surface area contributed by atoms with E-state index in [1.165, 1.54) is 12.3 Å². The maximum absolute atomic E-state index is 14.4. The minimum atomic E-state index is -4.60. The molecule has 4 aromatic rings. The number of hydrogen-bond donors (Lipinski definition) is 1. The van der Waals surface area contributed by atoms with Gasteiger partial charge in [0, 0.05) is 18.8 Å². The maximum atomic E-state index is 14.4. The number of nitrogens with zero attached hydrogens (tertiary/aromatic N) is 4. The molecule has 0 saturated carbocycles. The fraction of sp³-hybridized carbons (Fsp3) is 0.158. The summed E-state index contributed by atoms with van der Waals surface area (Å²) < 4.78 is 59.9. The number of rotatable bonds is 5. The third-order valence-corrected chi connectivity index (χ3v) is 5.04. The first kappa shape index (κ1) is 22.0. The van der Waals surface area contributed by atoms with Crippen LogP contribution in [0.2, 0.25) is 10.0 Å². The summed E-state index contributed by atoms with van der Waals surface area (Å²) in [6, 6.07) is 3.05. The van der Waals surface area contributed by atoms with Crippen molar-refractivity contribution in [1.82, 2.24) is 19.6 Å². The second kappa shape index (κ2) is 8.06. The van der Waals surface area contributed by atoms with Crippen molar-refractivity contribution < 1.29 is 31.9 Å². The average molecular weight is 489 g/mol. The molecule has 0 saturated heterocycles. The van der Waals surface area contributed by atoms with E-state index in [1.54, 1.807) is 0 Å². The molecule has 32 heavy (non-hydrogen) atoms. The molecular formula is C19H10Cl2F4N4O3. The van der Waals surface area contributed by atoms with Gasteiger partial charge in [-0.3, -0.25) is 4.79 Å². The Morgan fingerprint density at radius 1 is 1.09 bits per heavy atom. The highest BCUT2D eigenvalue weighted by Crippen LogP contribution is 2.34. The molecule has 0 atom stereocenters. The van der Waals surface area contributed by atoms with Gasteiger partial charge in [-0.25, -0.2) is 9.37 Å². The third kappa shape index (κ3) is 4.26. The number of fused-ring (bicyclic) bond motifs is 1. The summed E-state index contributed by atoms with van der Waals surface area (Å²) in [5, 5.41) is 16.2. The van der Waals surface area contributed by atoms with Crippen molar-refractivity contribution >= 4 is 34.8 Å². The second-order valence-corrected chi connectivity index (χ2v) is 7.48. The zero-order chi connectivity index (χ0) is 23.2. The third-order valence-electron chi connectivity index (χ3n) is 4.45. The number of aliphatic carboxylic acids is 1. The monoisotopic (exact) mass is 488 g/mol. The first-order valence-electron chi connectivity index (χ1n) is 8.82. The Balaban J connectivity index is 1.68. The number of hydrogen-bond acceptors (Lipinski definition) is 5. The van der Waals surface area contributed by atoms with Crippen LogP contribution in [0.25, 0.3) is 28.7 Å². The molecular weight excluding hydrogens is 479 g/mol. The molecule has 7 nitrogen and oxygen atoms in total. The number of pyridine rings is 1.